The van der Waals surface area contributed by atoms with Gasteiger partial charge in [0.15, 0.2) is 0 Å². The van der Waals surface area contributed by atoms with Crippen molar-refractivity contribution in [2.24, 2.45) is 5.73 Å². The lowest BCUT2D eigenvalue weighted by molar-refractivity contribution is -0.137. The van der Waals surface area contributed by atoms with Crippen LogP contribution in [-0.2, 0) is 19.2 Å². The maximum absolute atomic E-state index is 12.1. The Morgan fingerprint density at radius 1 is 1.43 bits per heavy atom. The van der Waals surface area contributed by atoms with Crippen LogP contribution in [0.2, 0.25) is 0 Å². The number of hydrogen-bond donors (Lipinski definition) is 2. The second kappa shape index (κ2) is 9.31. The second-order valence-electron chi connectivity index (χ2n) is 5.01. The van der Waals surface area contributed by atoms with Gasteiger partial charge in [0.1, 0.15) is 0 Å². The number of rotatable bonds is 9. The molecule has 1 aliphatic heterocycles. The Bertz CT molecular complexity index is 519. The predicted octanol–water partition coefficient (Wildman–Crippen LogP) is -1.02. The number of nitrogens with one attached hydrogen (secondary N) is 1. The molecule has 0 aromatic carbocycles. The highest BCUT2D eigenvalue weighted by Crippen LogP contribution is 2.24. The fraction of sp³-hybridized carbons (Fsp3) is 0.571. The lowest BCUT2D eigenvalue weighted by Crippen LogP contribution is -2.35. The number of carbonyl (C=O) groups excluding carboxylic acids is 4. The zero-order valence-corrected chi connectivity index (χ0v) is 14.0. The Hall–Kier alpha value is -1.87. The first-order chi connectivity index (χ1) is 10.8. The van der Waals surface area contributed by atoms with Crippen LogP contribution in [0, 0.1) is 0 Å². The third-order valence-electron chi connectivity index (χ3n) is 2.82. The van der Waals surface area contributed by atoms with Gasteiger partial charge >= 0.3 is 0 Å². The smallest absolute Gasteiger partial charge is 0.267 e. The molecular formula is C14H21N4O4S. The molecule has 8 nitrogen and oxygen atoms in total. The molecule has 0 saturated carbocycles. The first-order valence-electron chi connectivity index (χ1n) is 7.28. The van der Waals surface area contributed by atoms with E-state index in [0.29, 0.717) is 6.54 Å². The molecule has 1 unspecified atom stereocenters. The summed E-state index contributed by atoms with van der Waals surface area (Å²) in [5.74, 6) is -1.58. The molecule has 0 bridgehead atoms. The number of nitrogens with two attached hydrogens (primary N) is 1. The fourth-order valence-corrected chi connectivity index (χ4v) is 2.52. The van der Waals surface area contributed by atoms with Crippen LogP contribution in [0.3, 0.4) is 0 Å². The molecule has 1 atom stereocenters. The van der Waals surface area contributed by atoms with E-state index in [4.69, 9.17) is 5.73 Å². The molecule has 0 aromatic heterocycles. The monoisotopic (exact) mass is 341 g/mol. The van der Waals surface area contributed by atoms with Crippen LogP contribution in [0.5, 0.6) is 0 Å². The van der Waals surface area contributed by atoms with E-state index in [9.17, 15) is 19.2 Å². The molecule has 0 fully saturated rings. The van der Waals surface area contributed by atoms with Crippen LogP contribution in [0.15, 0.2) is 11.0 Å². The van der Waals surface area contributed by atoms with Crippen LogP contribution in [0.1, 0.15) is 20.3 Å². The minimum Gasteiger partial charge on any atom is -0.356 e. The molecule has 4 amide bonds. The van der Waals surface area contributed by atoms with Gasteiger partial charge in [-0.3, -0.25) is 24.1 Å². The lowest BCUT2D eigenvalue weighted by Gasteiger charge is -2.14. The molecule has 23 heavy (non-hydrogen) atoms. The van der Waals surface area contributed by atoms with Crippen LogP contribution in [-0.4, -0.2) is 60.0 Å². The molecule has 0 aromatic rings. The molecule has 1 heterocycles. The Morgan fingerprint density at radius 2 is 2.13 bits per heavy atom. The van der Waals surface area contributed by atoms with Gasteiger partial charge in [-0.25, -0.2) is 5.32 Å². The lowest BCUT2D eigenvalue weighted by atomic mass is 10.3. The molecular weight excluding hydrogens is 320 g/mol. The minimum absolute atomic E-state index is 0.0209. The topological polar surface area (TPSA) is 124 Å². The van der Waals surface area contributed by atoms with E-state index in [-0.39, 0.29) is 48.0 Å². The van der Waals surface area contributed by atoms with E-state index >= 15 is 0 Å². The summed E-state index contributed by atoms with van der Waals surface area (Å²) in [7, 11) is 0. The summed E-state index contributed by atoms with van der Waals surface area (Å²) in [5.41, 5.74) is 5.49. The predicted molar refractivity (Wildman–Crippen MR) is 86.2 cm³/mol. The van der Waals surface area contributed by atoms with E-state index in [0.717, 1.165) is 16.7 Å². The number of nitrogens with zero attached hydrogens (tertiary/aromatic N) is 2. The van der Waals surface area contributed by atoms with E-state index in [2.05, 4.69) is 10.6 Å². The third-order valence-corrected chi connectivity index (χ3v) is 3.81. The van der Waals surface area contributed by atoms with Crippen LogP contribution in [0.25, 0.3) is 0 Å². The highest BCUT2D eigenvalue weighted by atomic mass is 32.2. The van der Waals surface area contributed by atoms with Crippen molar-refractivity contribution in [2.45, 2.75) is 26.3 Å². The Balaban J connectivity index is 2.43. The number of amides is 4. The first kappa shape index (κ1) is 19.2. The molecule has 1 radical (unpaired) electrons. The van der Waals surface area contributed by atoms with Crippen molar-refractivity contribution in [3.05, 3.63) is 11.0 Å². The van der Waals surface area contributed by atoms with Gasteiger partial charge in [-0.05, 0) is 13.8 Å². The van der Waals surface area contributed by atoms with Gasteiger partial charge in [0.05, 0.1) is 17.2 Å². The molecule has 1 aliphatic rings. The first-order valence-corrected chi connectivity index (χ1v) is 8.26. The fourth-order valence-electron chi connectivity index (χ4n) is 1.73. The molecule has 3 N–H and O–H groups in total. The van der Waals surface area contributed by atoms with E-state index in [1.807, 2.05) is 0 Å². The Kier molecular flexibility index (Phi) is 7.76. The summed E-state index contributed by atoms with van der Waals surface area (Å²) in [5, 5.41) is 6.35. The van der Waals surface area contributed by atoms with Crippen LogP contribution in [0.4, 0.5) is 0 Å². The van der Waals surface area contributed by atoms with Gasteiger partial charge in [-0.15, -0.1) is 11.8 Å². The summed E-state index contributed by atoms with van der Waals surface area (Å²) in [6.07, 6.45) is 1.24. The van der Waals surface area contributed by atoms with Gasteiger partial charge < -0.3 is 11.1 Å². The van der Waals surface area contributed by atoms with Crippen molar-refractivity contribution >= 4 is 35.4 Å². The summed E-state index contributed by atoms with van der Waals surface area (Å²) >= 11 is 0.968. The summed E-state index contributed by atoms with van der Waals surface area (Å²) in [4.78, 5) is 48.0. The van der Waals surface area contributed by atoms with Gasteiger partial charge in [0.25, 0.3) is 17.7 Å². The summed E-state index contributed by atoms with van der Waals surface area (Å²) < 4.78 is 0. The molecule has 1 rings (SSSR count). The highest BCUT2D eigenvalue weighted by molar-refractivity contribution is 8.04. The number of carbonyl (C=O) groups is 4. The number of imide groups is 1. The van der Waals surface area contributed by atoms with Crippen molar-refractivity contribution in [1.29, 1.82) is 0 Å². The Morgan fingerprint density at radius 3 is 2.74 bits per heavy atom. The van der Waals surface area contributed by atoms with Crippen molar-refractivity contribution in [3.63, 3.8) is 0 Å². The van der Waals surface area contributed by atoms with Crippen molar-refractivity contribution in [1.82, 2.24) is 15.5 Å². The summed E-state index contributed by atoms with van der Waals surface area (Å²) in [6, 6.07) is -0.206. The average Bonchev–Trinajstić information content (AvgIpc) is 2.75. The largest absolute Gasteiger partial charge is 0.356 e. The number of hydrogen-bond acceptors (Lipinski definition) is 6. The summed E-state index contributed by atoms with van der Waals surface area (Å²) in [6.45, 7) is 4.26. The standard InChI is InChI=1S/C14H21N4O4S/c1-3-16-11(19)4-5-18-13(21)6-10(14(18)22)23-8-12(20)17-7-9(2)15/h6,9H,3-5,7-8,15H2,1-2H3,(H,16,19). The Labute approximate surface area is 139 Å². The maximum atomic E-state index is 12.1. The molecule has 9 heteroatoms. The van der Waals surface area contributed by atoms with Crippen LogP contribution >= 0.6 is 11.8 Å². The molecule has 0 saturated heterocycles. The van der Waals surface area contributed by atoms with Gasteiger partial charge in [-0.2, -0.15) is 0 Å². The van der Waals surface area contributed by atoms with Gasteiger partial charge in [0, 0.05) is 31.6 Å². The van der Waals surface area contributed by atoms with E-state index in [1.165, 1.54) is 6.08 Å². The van der Waals surface area contributed by atoms with Crippen molar-refractivity contribution in [3.8, 4) is 0 Å². The average molecular weight is 341 g/mol. The number of thioether (sulfide) groups is 1. The quantitative estimate of drug-likeness (QED) is 0.517. The minimum atomic E-state index is -0.482. The maximum Gasteiger partial charge on any atom is 0.267 e. The van der Waals surface area contributed by atoms with Crippen LogP contribution < -0.4 is 16.4 Å². The van der Waals surface area contributed by atoms with E-state index < -0.39 is 11.8 Å². The van der Waals surface area contributed by atoms with Crippen molar-refractivity contribution < 1.29 is 19.2 Å². The zero-order valence-electron chi connectivity index (χ0n) is 13.2. The molecule has 0 spiro atoms. The molecule has 127 valence electrons. The zero-order chi connectivity index (χ0) is 17.4. The normalized spacial score (nSPS) is 15.4. The highest BCUT2D eigenvalue weighted by Gasteiger charge is 2.31. The van der Waals surface area contributed by atoms with Crippen molar-refractivity contribution in [2.75, 3.05) is 25.4 Å². The molecule has 0 aliphatic carbocycles. The van der Waals surface area contributed by atoms with Gasteiger partial charge in [0.2, 0.25) is 5.91 Å². The third kappa shape index (κ3) is 6.41. The second-order valence-corrected chi connectivity index (χ2v) is 6.02. The van der Waals surface area contributed by atoms with Gasteiger partial charge in [-0.1, -0.05) is 0 Å². The SMILES string of the molecule is CCNC(=O)CCN1C(=O)C=C(SCC(=O)[N]CC(C)N)C1=O. The van der Waals surface area contributed by atoms with E-state index in [1.54, 1.807) is 13.8 Å².